The van der Waals surface area contributed by atoms with Gasteiger partial charge in [-0.1, -0.05) is 0 Å². The Morgan fingerprint density at radius 1 is 1.07 bits per heavy atom. The van der Waals surface area contributed by atoms with Crippen LogP contribution in [0.15, 0.2) is 36.5 Å². The summed E-state index contributed by atoms with van der Waals surface area (Å²) >= 11 is 0. The van der Waals surface area contributed by atoms with Crippen molar-refractivity contribution in [2.75, 3.05) is 53.7 Å². The van der Waals surface area contributed by atoms with E-state index < -0.39 is 0 Å². The van der Waals surface area contributed by atoms with E-state index in [1.807, 2.05) is 13.0 Å². The number of hydrogen-bond donors (Lipinski definition) is 1. The summed E-state index contributed by atoms with van der Waals surface area (Å²) < 4.78 is 22.8. The lowest BCUT2D eigenvalue weighted by Gasteiger charge is -2.40. The van der Waals surface area contributed by atoms with Crippen LogP contribution >= 0.6 is 0 Å². The van der Waals surface area contributed by atoms with Gasteiger partial charge in [-0.3, -0.25) is 0 Å². The van der Waals surface area contributed by atoms with Crippen LogP contribution in [0.5, 0.6) is 17.2 Å². The molecule has 0 radical (unpaired) electrons. The number of rotatable bonds is 7. The normalized spacial score (nSPS) is 20.1. The molecule has 3 aliphatic heterocycles. The molecule has 6 rings (SSSR count). The molecule has 3 aliphatic rings. The van der Waals surface area contributed by atoms with Gasteiger partial charge >= 0.3 is 6.03 Å². The zero-order valence-corrected chi connectivity index (χ0v) is 24.0. The summed E-state index contributed by atoms with van der Waals surface area (Å²) in [4.78, 5) is 21.8. The largest absolute Gasteiger partial charge is 0.497 e. The molecule has 2 aromatic carbocycles. The van der Waals surface area contributed by atoms with Gasteiger partial charge in [0, 0.05) is 49.9 Å². The molecular weight excluding hydrogens is 506 g/mol. The first-order valence-corrected chi connectivity index (χ1v) is 14.6. The first-order chi connectivity index (χ1) is 19.5. The number of ether oxygens (including phenoxy) is 4. The Hall–Kier alpha value is -3.39. The lowest BCUT2D eigenvalue weighted by molar-refractivity contribution is 0.0196. The monoisotopic (exact) mass is 547 g/mol. The number of nitrogens with one attached hydrogen (secondary N) is 1. The fourth-order valence-electron chi connectivity index (χ4n) is 6.95. The van der Waals surface area contributed by atoms with Crippen LogP contribution < -0.4 is 14.2 Å². The van der Waals surface area contributed by atoms with Gasteiger partial charge in [-0.2, -0.15) is 0 Å². The van der Waals surface area contributed by atoms with Crippen molar-refractivity contribution in [3.05, 3.63) is 53.2 Å². The highest BCUT2D eigenvalue weighted by Gasteiger charge is 2.43. The molecule has 4 heterocycles. The highest BCUT2D eigenvalue weighted by molar-refractivity contribution is 5.84. The van der Waals surface area contributed by atoms with Crippen molar-refractivity contribution in [2.45, 2.75) is 51.5 Å². The molecule has 2 fully saturated rings. The van der Waals surface area contributed by atoms with E-state index in [0.717, 1.165) is 87.6 Å². The molecule has 2 amide bonds. The number of carbonyl (C=O) groups is 1. The summed E-state index contributed by atoms with van der Waals surface area (Å²) in [6.45, 7) is 6.50. The third-order valence-corrected chi connectivity index (χ3v) is 9.25. The Bertz CT molecular complexity index is 1360. The fourth-order valence-corrected chi connectivity index (χ4v) is 6.95. The molecule has 1 spiro atoms. The highest BCUT2D eigenvalue weighted by atomic mass is 16.5. The molecule has 214 valence electrons. The van der Waals surface area contributed by atoms with Gasteiger partial charge in [0.15, 0.2) is 11.5 Å². The van der Waals surface area contributed by atoms with E-state index in [1.165, 1.54) is 22.1 Å². The summed E-state index contributed by atoms with van der Waals surface area (Å²) in [7, 11) is 3.38. The van der Waals surface area contributed by atoms with Gasteiger partial charge in [-0.25, -0.2) is 4.79 Å². The van der Waals surface area contributed by atoms with Crippen molar-refractivity contribution >= 4 is 16.9 Å². The zero-order valence-electron chi connectivity index (χ0n) is 24.0. The van der Waals surface area contributed by atoms with E-state index in [2.05, 4.69) is 45.2 Å². The molecule has 1 aromatic heterocycles. The molecule has 0 aliphatic carbocycles. The van der Waals surface area contributed by atoms with Crippen LogP contribution in [0, 0.1) is 5.41 Å². The third kappa shape index (κ3) is 4.98. The number of benzene rings is 2. The van der Waals surface area contributed by atoms with Crippen LogP contribution in [-0.4, -0.2) is 74.5 Å². The van der Waals surface area contributed by atoms with Crippen molar-refractivity contribution in [2.24, 2.45) is 5.41 Å². The number of likely N-dealkylation sites (tertiary alicyclic amines) is 1. The van der Waals surface area contributed by atoms with Crippen molar-refractivity contribution in [3.8, 4) is 17.2 Å². The smallest absolute Gasteiger partial charge is 0.320 e. The maximum Gasteiger partial charge on any atom is 0.320 e. The summed E-state index contributed by atoms with van der Waals surface area (Å²) in [6, 6.07) is 10.5. The molecule has 8 nitrogen and oxygen atoms in total. The van der Waals surface area contributed by atoms with Crippen molar-refractivity contribution in [3.63, 3.8) is 0 Å². The maximum atomic E-state index is 14.2. The number of fused-ring (bicyclic) bond motifs is 2. The van der Waals surface area contributed by atoms with Crippen molar-refractivity contribution in [1.82, 2.24) is 14.8 Å². The minimum absolute atomic E-state index is 0.0526. The number of aromatic nitrogens is 1. The predicted octanol–water partition coefficient (Wildman–Crippen LogP) is 5.74. The number of H-pyrrole nitrogens is 1. The van der Waals surface area contributed by atoms with Gasteiger partial charge in [0.05, 0.1) is 26.9 Å². The summed E-state index contributed by atoms with van der Waals surface area (Å²) in [5.74, 6) is 2.34. The molecule has 0 saturated carbocycles. The Labute approximate surface area is 236 Å². The molecule has 40 heavy (non-hydrogen) atoms. The highest BCUT2D eigenvalue weighted by Crippen LogP contribution is 2.43. The molecule has 2 saturated heterocycles. The Kier molecular flexibility index (Phi) is 7.53. The van der Waals surface area contributed by atoms with E-state index in [1.54, 1.807) is 14.2 Å². The molecular formula is C32H41N3O5. The number of amides is 2. The second kappa shape index (κ2) is 11.2. The Morgan fingerprint density at radius 2 is 1.93 bits per heavy atom. The molecule has 8 heteroatoms. The fraction of sp³-hybridized carbons (Fsp3) is 0.531. The summed E-state index contributed by atoms with van der Waals surface area (Å²) in [5, 5.41) is 1.17. The first-order valence-electron chi connectivity index (χ1n) is 14.6. The van der Waals surface area contributed by atoms with Crippen molar-refractivity contribution in [1.29, 1.82) is 0 Å². The second-order valence-corrected chi connectivity index (χ2v) is 11.4. The average Bonchev–Trinajstić information content (AvgIpc) is 3.59. The van der Waals surface area contributed by atoms with Crippen LogP contribution in [0.4, 0.5) is 4.79 Å². The molecule has 0 bridgehead atoms. The van der Waals surface area contributed by atoms with Gasteiger partial charge in [0.25, 0.3) is 0 Å². The van der Waals surface area contributed by atoms with E-state index in [-0.39, 0.29) is 17.5 Å². The number of urea groups is 1. The second-order valence-electron chi connectivity index (χ2n) is 11.4. The quantitative estimate of drug-likeness (QED) is 0.408. The van der Waals surface area contributed by atoms with Gasteiger partial charge in [0.2, 0.25) is 0 Å². The number of methoxy groups -OCH3 is 2. The number of hydrogen-bond acceptors (Lipinski definition) is 5. The maximum absolute atomic E-state index is 14.2. The lowest BCUT2D eigenvalue weighted by atomic mass is 9.80. The topological polar surface area (TPSA) is 76.3 Å². The third-order valence-electron chi connectivity index (χ3n) is 9.25. The van der Waals surface area contributed by atoms with Gasteiger partial charge in [-0.05, 0) is 97.9 Å². The van der Waals surface area contributed by atoms with Gasteiger partial charge in [0.1, 0.15) is 5.75 Å². The average molecular weight is 548 g/mol. The molecule has 1 N–H and O–H groups in total. The SMILES string of the molecule is CCOc1cc2c(cc1OC)CCN(C(=O)N1CCC3(CCOCC3)C1)C2CCc1c[nH]c2ccc(OC)cc12. The molecule has 3 aromatic rings. The molecule has 1 atom stereocenters. The van der Waals surface area contributed by atoms with Crippen LogP contribution in [0.1, 0.15) is 55.3 Å². The Balaban J connectivity index is 1.31. The number of aromatic amines is 1. The number of carbonyl (C=O) groups excluding carboxylic acids is 1. The van der Waals surface area contributed by atoms with E-state index in [9.17, 15) is 4.79 Å². The zero-order chi connectivity index (χ0) is 27.7. The van der Waals surface area contributed by atoms with Crippen LogP contribution in [0.3, 0.4) is 0 Å². The minimum Gasteiger partial charge on any atom is -0.497 e. The van der Waals surface area contributed by atoms with Crippen LogP contribution in [0.2, 0.25) is 0 Å². The summed E-state index contributed by atoms with van der Waals surface area (Å²) in [5.41, 5.74) is 4.94. The number of nitrogens with zero attached hydrogens (tertiary/aromatic N) is 2. The van der Waals surface area contributed by atoms with Crippen LogP contribution in [-0.2, 0) is 17.6 Å². The molecule has 1 unspecified atom stereocenters. The predicted molar refractivity (Wildman–Crippen MR) is 155 cm³/mol. The van der Waals surface area contributed by atoms with Crippen molar-refractivity contribution < 1.29 is 23.7 Å². The van der Waals surface area contributed by atoms with Crippen LogP contribution in [0.25, 0.3) is 10.9 Å². The van der Waals surface area contributed by atoms with E-state index in [4.69, 9.17) is 18.9 Å². The van der Waals surface area contributed by atoms with Gasteiger partial charge in [-0.15, -0.1) is 0 Å². The Morgan fingerprint density at radius 3 is 2.70 bits per heavy atom. The minimum atomic E-state index is -0.0526. The van der Waals surface area contributed by atoms with Gasteiger partial charge < -0.3 is 33.7 Å². The summed E-state index contributed by atoms with van der Waals surface area (Å²) in [6.07, 6.45) is 7.70. The van der Waals surface area contributed by atoms with E-state index in [0.29, 0.717) is 13.2 Å². The standard InChI is InChI=1S/C32H41N3O5/c1-4-40-30-19-26-22(17-29(30)38-3)9-13-35(31(36)34-14-10-32(21-34)11-15-39-16-12-32)28(26)8-5-23-20-33-27-7-6-24(37-2)18-25(23)27/h6-7,17-20,28,33H,4-5,8-16,21H2,1-3H3. The number of aryl methyl sites for hydroxylation is 1. The van der Waals surface area contributed by atoms with E-state index >= 15 is 0 Å². The first kappa shape index (κ1) is 26.8. The lowest BCUT2D eigenvalue weighted by Crippen LogP contribution is -2.48.